The molecule has 2 nitrogen and oxygen atoms in total. The summed E-state index contributed by atoms with van der Waals surface area (Å²) in [5.74, 6) is -0.867. The second-order valence-corrected chi connectivity index (χ2v) is 2.23. The first kappa shape index (κ1) is 11.2. The molecule has 0 aliphatic rings. The van der Waals surface area contributed by atoms with E-state index >= 15 is 0 Å². The average Bonchev–Trinajstić information content (AvgIpc) is 2.03. The fourth-order valence-corrected chi connectivity index (χ4v) is 0.819. The Balaban J connectivity index is 0.00000121. The molecule has 65 valence electrons. The molecule has 1 rings (SSSR count). The predicted octanol–water partition coefficient (Wildman–Crippen LogP) is 1.52. The maximum Gasteiger partial charge on any atom is 0.164 e. The van der Waals surface area contributed by atoms with Gasteiger partial charge in [-0.15, -0.1) is 6.42 Å². The van der Waals surface area contributed by atoms with Crippen molar-refractivity contribution in [2.75, 3.05) is 0 Å². The van der Waals surface area contributed by atoms with Gasteiger partial charge in [-0.1, -0.05) is 35.9 Å². The van der Waals surface area contributed by atoms with Crippen LogP contribution in [0.5, 0.6) is 0 Å². The van der Waals surface area contributed by atoms with Gasteiger partial charge in [0.25, 0.3) is 0 Å². The van der Waals surface area contributed by atoms with E-state index in [4.69, 9.17) is 5.11 Å². The molecule has 0 fully saturated rings. The Kier molecular flexibility index (Phi) is 5.44. The van der Waals surface area contributed by atoms with Crippen molar-refractivity contribution in [3.63, 3.8) is 0 Å². The van der Waals surface area contributed by atoms with E-state index in [-0.39, 0.29) is 20.4 Å². The molecular weight excluding hydrogens is 326 g/mol. The fourth-order valence-electron chi connectivity index (χ4n) is 0.819. The topological polar surface area (TPSA) is 37.3 Å². The monoisotopic (exact) mass is 336 g/mol. The van der Waals surface area contributed by atoms with Crippen LogP contribution < -0.4 is 0 Å². The molecule has 12 heavy (non-hydrogen) atoms. The third kappa shape index (κ3) is 4.17. The fraction of sp³-hybridized carbons (Fsp3) is 0.111. The Hall–Kier alpha value is -0.778. The smallest absolute Gasteiger partial charge is 0.164 e. The largest absolute Gasteiger partial charge is 0.503 e. The molecule has 0 atom stereocenters. The van der Waals surface area contributed by atoms with Crippen LogP contribution in [0.3, 0.4) is 0 Å². The molecule has 1 radical (unpaired) electrons. The van der Waals surface area contributed by atoms with Crippen molar-refractivity contribution < 1.29 is 30.3 Å². The number of rotatable bonds is 3. The van der Waals surface area contributed by atoms with Crippen LogP contribution in [-0.2, 0) is 31.6 Å². The zero-order chi connectivity index (χ0) is 8.10. The summed E-state index contributed by atoms with van der Waals surface area (Å²) in [6.07, 6.45) is 1.74. The first-order valence-corrected chi connectivity index (χ1v) is 3.39. The quantitative estimate of drug-likeness (QED) is 0.851. The zero-order valence-corrected chi connectivity index (χ0v) is 9.12. The van der Waals surface area contributed by atoms with Crippen LogP contribution in [0.1, 0.15) is 5.56 Å². The Morgan fingerprint density at radius 1 is 1.33 bits per heavy atom. The van der Waals surface area contributed by atoms with Gasteiger partial charge in [-0.3, -0.25) is 11.2 Å². The van der Waals surface area contributed by atoms with E-state index in [1.54, 1.807) is 0 Å². The Bertz CT molecular complexity index is 234. The third-order valence-corrected chi connectivity index (χ3v) is 1.36. The van der Waals surface area contributed by atoms with E-state index in [2.05, 4.69) is 0 Å². The first-order valence-electron chi connectivity index (χ1n) is 3.39. The molecule has 0 saturated carbocycles. The molecule has 0 heterocycles. The molecule has 0 unspecified atom stereocenters. The van der Waals surface area contributed by atoms with Crippen molar-refractivity contribution in [2.45, 2.75) is 6.42 Å². The number of aliphatic carboxylic acids is 1. The molecule has 0 spiro atoms. The van der Waals surface area contributed by atoms with Crippen LogP contribution in [0, 0.1) is 6.42 Å². The molecule has 0 aromatic heterocycles. The van der Waals surface area contributed by atoms with Crippen LogP contribution in [0.15, 0.2) is 30.3 Å². The minimum absolute atomic E-state index is 0. The normalized spacial score (nSPS) is 8.33. The number of carbonyl (C=O) groups is 1. The molecular formula is C9H9O2Re-. The van der Waals surface area contributed by atoms with E-state index in [0.29, 0.717) is 6.42 Å². The molecule has 0 aliphatic heterocycles. The Morgan fingerprint density at radius 3 is 2.42 bits per heavy atom. The summed E-state index contributed by atoms with van der Waals surface area (Å²) in [7, 11) is 0. The van der Waals surface area contributed by atoms with Crippen molar-refractivity contribution in [1.82, 2.24) is 0 Å². The average molecular weight is 335 g/mol. The Labute approximate surface area is 85.3 Å². The third-order valence-electron chi connectivity index (χ3n) is 1.36. The van der Waals surface area contributed by atoms with Gasteiger partial charge >= 0.3 is 0 Å². The molecule has 1 aromatic rings. The minimum Gasteiger partial charge on any atom is -0.503 e. The van der Waals surface area contributed by atoms with Gasteiger partial charge in [0.05, 0.1) is 0 Å². The molecule has 1 N–H and O–H groups in total. The predicted molar refractivity (Wildman–Crippen MR) is 42.1 cm³/mol. The van der Waals surface area contributed by atoms with Crippen molar-refractivity contribution >= 4 is 5.97 Å². The van der Waals surface area contributed by atoms with Gasteiger partial charge in [-0.05, 0) is 0 Å². The molecule has 3 heteroatoms. The van der Waals surface area contributed by atoms with Gasteiger partial charge in [0.1, 0.15) is 0 Å². The number of carboxylic acid groups (broad SMARTS) is 1. The van der Waals surface area contributed by atoms with Gasteiger partial charge in [0.15, 0.2) is 5.97 Å². The Morgan fingerprint density at radius 2 is 1.92 bits per heavy atom. The summed E-state index contributed by atoms with van der Waals surface area (Å²) in [5.41, 5.74) is 1.02. The van der Waals surface area contributed by atoms with Gasteiger partial charge in [-0.25, -0.2) is 0 Å². The summed E-state index contributed by atoms with van der Waals surface area (Å²) >= 11 is 0. The van der Waals surface area contributed by atoms with Crippen LogP contribution in [0.25, 0.3) is 0 Å². The molecule has 0 saturated heterocycles. The minimum atomic E-state index is -0.867. The van der Waals surface area contributed by atoms with E-state index < -0.39 is 5.97 Å². The molecule has 0 aliphatic carbocycles. The van der Waals surface area contributed by atoms with Crippen LogP contribution in [0.2, 0.25) is 0 Å². The molecule has 0 bridgehead atoms. The van der Waals surface area contributed by atoms with Gasteiger partial charge < -0.3 is 5.11 Å². The summed E-state index contributed by atoms with van der Waals surface area (Å²) in [4.78, 5) is 10.1. The van der Waals surface area contributed by atoms with Crippen LogP contribution in [-0.4, -0.2) is 11.1 Å². The molecule has 1 aromatic carbocycles. The standard InChI is InChI=1S/C9H9O2.Re/c10-9(11)7-6-8-4-2-1-3-5-8;/h1-5,7H,6H2,(H,10,11);/q-1;. The van der Waals surface area contributed by atoms with E-state index in [0.717, 1.165) is 5.56 Å². The summed E-state index contributed by atoms with van der Waals surface area (Å²) < 4.78 is 0. The number of hydrogen-bond donors (Lipinski definition) is 1. The van der Waals surface area contributed by atoms with Gasteiger partial charge in [0, 0.05) is 20.4 Å². The first-order chi connectivity index (χ1) is 5.29. The van der Waals surface area contributed by atoms with E-state index in [1.165, 1.54) is 6.42 Å². The second kappa shape index (κ2) is 5.82. The number of hydrogen-bond acceptors (Lipinski definition) is 1. The number of benzene rings is 1. The van der Waals surface area contributed by atoms with Crippen molar-refractivity contribution in [2.24, 2.45) is 0 Å². The van der Waals surface area contributed by atoms with Crippen LogP contribution >= 0.6 is 0 Å². The summed E-state index contributed by atoms with van der Waals surface area (Å²) in [6.45, 7) is 0. The van der Waals surface area contributed by atoms with E-state index in [1.807, 2.05) is 30.3 Å². The van der Waals surface area contributed by atoms with Gasteiger partial charge in [-0.2, -0.15) is 0 Å². The maximum atomic E-state index is 10.1. The zero-order valence-electron chi connectivity index (χ0n) is 6.40. The summed E-state index contributed by atoms with van der Waals surface area (Å²) in [6, 6.07) is 9.50. The molecule has 0 amide bonds. The summed E-state index contributed by atoms with van der Waals surface area (Å²) in [5, 5.41) is 8.32. The van der Waals surface area contributed by atoms with Crippen molar-refractivity contribution in [3.8, 4) is 0 Å². The maximum absolute atomic E-state index is 10.1. The second-order valence-electron chi connectivity index (χ2n) is 2.23. The SMILES string of the molecule is O=C(O)[CH-]Cc1ccccc1.[Re]. The van der Waals surface area contributed by atoms with Crippen molar-refractivity contribution in [3.05, 3.63) is 42.3 Å². The van der Waals surface area contributed by atoms with Crippen LogP contribution in [0.4, 0.5) is 0 Å². The van der Waals surface area contributed by atoms with Gasteiger partial charge in [0.2, 0.25) is 0 Å². The van der Waals surface area contributed by atoms with E-state index in [9.17, 15) is 4.79 Å². The number of carboxylic acids is 1. The van der Waals surface area contributed by atoms with Crippen molar-refractivity contribution in [1.29, 1.82) is 0 Å².